The lowest BCUT2D eigenvalue weighted by Crippen LogP contribution is -2.24. The molecule has 1 aliphatic carbocycles. The molecule has 0 radical (unpaired) electrons. The van der Waals surface area contributed by atoms with Gasteiger partial charge in [-0.2, -0.15) is 4.98 Å². The smallest absolute Gasteiger partial charge is 0.309 e. The zero-order valence-electron chi connectivity index (χ0n) is 29.3. The average Bonchev–Trinajstić information content (AvgIpc) is 3.49. The number of aryl methyl sites for hydroxylation is 1. The van der Waals surface area contributed by atoms with Gasteiger partial charge < -0.3 is 20.3 Å². The number of carbonyl (C=O) groups is 1. The lowest BCUT2D eigenvalue weighted by atomic mass is 9.86. The Morgan fingerprint density at radius 3 is 2.32 bits per heavy atom. The number of hydrogen-bond acceptors (Lipinski definition) is 8. The van der Waals surface area contributed by atoms with E-state index in [1.165, 1.54) is 29.6 Å². The molecular weight excluding hydrogens is 801 g/mol. The van der Waals surface area contributed by atoms with Gasteiger partial charge in [0.1, 0.15) is 13.2 Å². The SMILES string of the molecule is CC(C)(CCc1cc(Br)c(OCc2cccc(-c3cccc(-c4ccc5c(c4)C[C@@H](N)C5)c3Cl)c2Cl)nc1OCc1cncc(S(C)(=O)=O)c1)C(=O)O. The number of halogens is 3. The number of fused-ring (bicyclic) bond motifs is 1. The predicted molar refractivity (Wildman–Crippen MR) is 210 cm³/mol. The van der Waals surface area contributed by atoms with Gasteiger partial charge >= 0.3 is 5.97 Å². The zero-order chi connectivity index (χ0) is 38.1. The van der Waals surface area contributed by atoms with Crippen molar-refractivity contribution in [2.24, 2.45) is 11.1 Å². The van der Waals surface area contributed by atoms with Crippen LogP contribution in [0.5, 0.6) is 11.8 Å². The number of nitrogens with two attached hydrogens (primary N) is 1. The number of ether oxygens (including phenoxy) is 2. The van der Waals surface area contributed by atoms with Crippen LogP contribution in [-0.4, -0.2) is 41.8 Å². The maximum Gasteiger partial charge on any atom is 0.309 e. The molecule has 0 saturated heterocycles. The molecule has 6 rings (SSSR count). The number of hydrogen-bond donors (Lipinski definition) is 2. The zero-order valence-corrected chi connectivity index (χ0v) is 33.2. The number of rotatable bonds is 13. The number of sulfone groups is 1. The highest BCUT2D eigenvalue weighted by Gasteiger charge is 2.28. The molecule has 0 spiro atoms. The summed E-state index contributed by atoms with van der Waals surface area (Å²) in [5.74, 6) is -0.482. The van der Waals surface area contributed by atoms with Gasteiger partial charge in [0.25, 0.3) is 0 Å². The van der Waals surface area contributed by atoms with Crippen LogP contribution in [0.15, 0.2) is 88.5 Å². The molecule has 9 nitrogen and oxygen atoms in total. The Morgan fingerprint density at radius 1 is 0.906 bits per heavy atom. The maximum absolute atomic E-state index is 12.1. The highest BCUT2D eigenvalue weighted by molar-refractivity contribution is 9.10. The van der Waals surface area contributed by atoms with E-state index in [0.717, 1.165) is 41.4 Å². The summed E-state index contributed by atoms with van der Waals surface area (Å²) in [5.41, 5.74) is 13.0. The summed E-state index contributed by atoms with van der Waals surface area (Å²) in [5, 5.41) is 10.7. The minimum atomic E-state index is -3.48. The van der Waals surface area contributed by atoms with Gasteiger partial charge in [-0.05, 0) is 84.3 Å². The molecule has 0 amide bonds. The van der Waals surface area contributed by atoms with Crippen molar-refractivity contribution in [2.45, 2.75) is 63.7 Å². The largest absolute Gasteiger partial charge is 0.481 e. The van der Waals surface area contributed by atoms with Crippen LogP contribution < -0.4 is 15.2 Å². The van der Waals surface area contributed by atoms with Crippen LogP contribution in [0.25, 0.3) is 22.3 Å². The topological polar surface area (TPSA) is 142 Å². The first-order valence-electron chi connectivity index (χ1n) is 16.9. The third-order valence-electron chi connectivity index (χ3n) is 9.37. The second-order valence-corrected chi connectivity index (χ2v) is 17.5. The number of carboxylic acid groups (broad SMARTS) is 1. The Balaban J connectivity index is 1.26. The molecule has 3 aromatic carbocycles. The summed E-state index contributed by atoms with van der Waals surface area (Å²) < 4.78 is 37.1. The molecule has 13 heteroatoms. The van der Waals surface area contributed by atoms with E-state index in [-0.39, 0.29) is 35.9 Å². The van der Waals surface area contributed by atoms with Gasteiger partial charge in [0.15, 0.2) is 9.84 Å². The van der Waals surface area contributed by atoms with Gasteiger partial charge in [0.2, 0.25) is 11.8 Å². The first-order valence-corrected chi connectivity index (χ1v) is 20.3. The Labute approximate surface area is 327 Å². The lowest BCUT2D eigenvalue weighted by molar-refractivity contribution is -0.147. The summed E-state index contributed by atoms with van der Waals surface area (Å²) in [7, 11) is -3.48. The van der Waals surface area contributed by atoms with E-state index in [1.54, 1.807) is 19.9 Å². The van der Waals surface area contributed by atoms with Gasteiger partial charge in [-0.15, -0.1) is 0 Å². The fraction of sp³-hybridized carbons (Fsp3) is 0.275. The minimum absolute atomic E-state index is 0.0353. The van der Waals surface area contributed by atoms with Crippen molar-refractivity contribution in [2.75, 3.05) is 6.26 Å². The molecule has 1 aliphatic rings. The molecule has 276 valence electrons. The van der Waals surface area contributed by atoms with E-state index in [1.807, 2.05) is 36.4 Å². The Hall–Kier alpha value is -4.00. The Morgan fingerprint density at radius 2 is 1.58 bits per heavy atom. The predicted octanol–water partition coefficient (Wildman–Crippen LogP) is 8.91. The van der Waals surface area contributed by atoms with Crippen molar-refractivity contribution in [3.63, 3.8) is 0 Å². The van der Waals surface area contributed by atoms with E-state index >= 15 is 0 Å². The fourth-order valence-corrected chi connectivity index (χ4v) is 7.89. The van der Waals surface area contributed by atoms with Crippen molar-refractivity contribution >= 4 is 54.9 Å². The van der Waals surface area contributed by atoms with Crippen LogP contribution in [0.4, 0.5) is 0 Å². The van der Waals surface area contributed by atoms with Crippen molar-refractivity contribution in [3.05, 3.63) is 121 Å². The van der Waals surface area contributed by atoms with Crippen molar-refractivity contribution in [1.82, 2.24) is 9.97 Å². The fourth-order valence-electron chi connectivity index (χ4n) is 6.18. The van der Waals surface area contributed by atoms with E-state index in [4.69, 9.17) is 38.4 Å². The van der Waals surface area contributed by atoms with Crippen molar-refractivity contribution in [3.8, 4) is 34.0 Å². The van der Waals surface area contributed by atoms with Gasteiger partial charge in [-0.25, -0.2) is 8.42 Å². The van der Waals surface area contributed by atoms with Crippen LogP contribution in [-0.2, 0) is 47.1 Å². The van der Waals surface area contributed by atoms with E-state index < -0.39 is 21.2 Å². The second kappa shape index (κ2) is 15.8. The second-order valence-electron chi connectivity index (χ2n) is 13.9. The number of aliphatic carboxylic acids is 1. The molecule has 0 saturated carbocycles. The molecule has 0 aliphatic heterocycles. The molecule has 5 aromatic rings. The van der Waals surface area contributed by atoms with E-state index in [9.17, 15) is 18.3 Å². The van der Waals surface area contributed by atoms with Crippen LogP contribution in [0.1, 0.15) is 48.1 Å². The van der Waals surface area contributed by atoms with Crippen LogP contribution in [0.3, 0.4) is 0 Å². The molecular formula is C40H38BrCl2N3O6S. The number of nitrogens with zero attached hydrogens (tertiary/aromatic N) is 2. The maximum atomic E-state index is 12.1. The summed E-state index contributed by atoms with van der Waals surface area (Å²) in [6.07, 6.45) is 6.27. The van der Waals surface area contributed by atoms with Crippen molar-refractivity contribution in [1.29, 1.82) is 0 Å². The Bertz CT molecular complexity index is 2320. The van der Waals surface area contributed by atoms with Crippen molar-refractivity contribution < 1.29 is 27.8 Å². The number of benzene rings is 3. The first-order chi connectivity index (χ1) is 25.1. The molecule has 0 bridgehead atoms. The summed E-state index contributed by atoms with van der Waals surface area (Å²) >= 11 is 17.7. The molecule has 0 fully saturated rings. The summed E-state index contributed by atoms with van der Waals surface area (Å²) in [6, 6.07) is 21.4. The quantitative estimate of drug-likeness (QED) is 0.119. The summed E-state index contributed by atoms with van der Waals surface area (Å²) in [4.78, 5) is 20.6. The number of carboxylic acids is 1. The average molecular weight is 840 g/mol. The molecule has 3 N–H and O–H groups in total. The molecule has 2 heterocycles. The van der Waals surface area contributed by atoms with E-state index in [0.29, 0.717) is 44.0 Å². The lowest BCUT2D eigenvalue weighted by Gasteiger charge is -2.20. The monoisotopic (exact) mass is 837 g/mol. The minimum Gasteiger partial charge on any atom is -0.481 e. The first kappa shape index (κ1) is 38.7. The molecule has 53 heavy (non-hydrogen) atoms. The van der Waals surface area contributed by atoms with E-state index in [2.05, 4.69) is 44.1 Å². The number of aromatic nitrogens is 2. The highest BCUT2D eigenvalue weighted by Crippen LogP contribution is 2.41. The molecule has 0 unspecified atom stereocenters. The van der Waals surface area contributed by atoms with Crippen LogP contribution in [0, 0.1) is 5.41 Å². The Kier molecular flexibility index (Phi) is 11.5. The van der Waals surface area contributed by atoms with Gasteiger partial charge in [-0.3, -0.25) is 9.78 Å². The van der Waals surface area contributed by atoms with Gasteiger partial charge in [-0.1, -0.05) is 77.8 Å². The van der Waals surface area contributed by atoms with Gasteiger partial charge in [0, 0.05) is 58.1 Å². The normalized spacial score (nSPS) is 14.2. The molecule has 1 atom stereocenters. The standard InChI is InChI=1S/C40H38BrCl2N3O6S/c1-40(2,39(47)48)13-12-26-18-34(41)38(46-37(26)51-21-23-14-30(20-45-19-23)53(3,49)50)52-22-27-6-4-8-32(35(27)42)33-9-5-7-31(36(33)43)25-11-10-24-16-29(44)17-28(24)15-25/h4-11,14-15,18-20,29H,12-13,16-17,21-22,44H2,1-3H3,(H,47,48)/t29-/m0/s1. The highest BCUT2D eigenvalue weighted by atomic mass is 79.9. The summed E-state index contributed by atoms with van der Waals surface area (Å²) in [6.45, 7) is 3.34. The van der Waals surface area contributed by atoms with Gasteiger partial charge in [0.05, 0.1) is 24.8 Å². The third kappa shape index (κ3) is 8.87. The number of pyridine rings is 2. The third-order valence-corrected chi connectivity index (χ3v) is 11.9. The molecule has 2 aromatic heterocycles. The van der Waals surface area contributed by atoms with Crippen LogP contribution in [0.2, 0.25) is 10.0 Å². The van der Waals surface area contributed by atoms with Crippen LogP contribution >= 0.6 is 39.1 Å².